The summed E-state index contributed by atoms with van der Waals surface area (Å²) >= 11 is 0. The number of carbonyl (C=O) groups excluding carboxylic acids is 1. The Morgan fingerprint density at radius 2 is 1.84 bits per heavy atom. The lowest BCUT2D eigenvalue weighted by molar-refractivity contribution is -0.0688. The molecule has 5 nitrogen and oxygen atoms in total. The number of hydrogen-bond donors (Lipinski definition) is 2. The molecule has 9 heteroatoms. The fraction of sp³-hybridized carbons (Fsp3) is 0.286. The van der Waals surface area contributed by atoms with Crippen LogP contribution < -0.4 is 10.6 Å². The van der Waals surface area contributed by atoms with Crippen molar-refractivity contribution in [2.45, 2.75) is 18.6 Å². The predicted octanol–water partition coefficient (Wildman–Crippen LogP) is 5.96. The summed E-state index contributed by atoms with van der Waals surface area (Å²) in [5, 5.41) is 6.59. The number of allylic oxidation sites excluding steroid dienone is 1. The van der Waals surface area contributed by atoms with Crippen molar-refractivity contribution in [3.63, 3.8) is 0 Å². The van der Waals surface area contributed by atoms with Crippen molar-refractivity contribution in [3.8, 4) is 0 Å². The second-order valence-corrected chi connectivity index (χ2v) is 8.84. The van der Waals surface area contributed by atoms with E-state index < -0.39 is 24.5 Å². The molecule has 1 aromatic heterocycles. The van der Waals surface area contributed by atoms with E-state index in [9.17, 15) is 22.4 Å². The van der Waals surface area contributed by atoms with E-state index in [1.165, 1.54) is 12.1 Å². The molecule has 1 amide bonds. The maximum Gasteiger partial charge on any atom is 0.417 e. The molecule has 0 saturated carbocycles. The van der Waals surface area contributed by atoms with Crippen LogP contribution in [0.3, 0.4) is 0 Å². The quantitative estimate of drug-likeness (QED) is 0.310. The number of fused-ring (bicyclic) bond motifs is 1. The highest BCUT2D eigenvalue weighted by atomic mass is 19.4. The summed E-state index contributed by atoms with van der Waals surface area (Å²) in [6.07, 6.45) is -1.02. The third-order valence-corrected chi connectivity index (χ3v) is 5.70. The van der Waals surface area contributed by atoms with E-state index in [4.69, 9.17) is 0 Å². The van der Waals surface area contributed by atoms with Gasteiger partial charge in [0.15, 0.2) is 0 Å². The van der Waals surface area contributed by atoms with Crippen LogP contribution in [0.5, 0.6) is 0 Å². The number of hydrogen-bond acceptors (Lipinski definition) is 4. The zero-order chi connectivity index (χ0) is 27.0. The zero-order valence-corrected chi connectivity index (χ0v) is 20.8. The van der Waals surface area contributed by atoms with Crippen LogP contribution in [0.4, 0.5) is 23.2 Å². The number of amides is 1. The van der Waals surface area contributed by atoms with Gasteiger partial charge in [-0.3, -0.25) is 4.79 Å². The molecule has 2 aromatic carbocycles. The van der Waals surface area contributed by atoms with Gasteiger partial charge in [-0.25, -0.2) is 9.37 Å². The van der Waals surface area contributed by atoms with E-state index >= 15 is 0 Å². The molecule has 1 atom stereocenters. The number of pyridine rings is 1. The molecule has 196 valence electrons. The Labute approximate surface area is 213 Å². The van der Waals surface area contributed by atoms with Gasteiger partial charge in [-0.1, -0.05) is 43.0 Å². The zero-order valence-electron chi connectivity index (χ0n) is 20.8. The Kier molecular flexibility index (Phi) is 9.41. The van der Waals surface area contributed by atoms with Gasteiger partial charge in [-0.05, 0) is 57.4 Å². The van der Waals surface area contributed by atoms with E-state index in [1.807, 2.05) is 19.0 Å². The minimum atomic E-state index is -4.68. The van der Waals surface area contributed by atoms with Gasteiger partial charge in [0.05, 0.1) is 23.0 Å². The summed E-state index contributed by atoms with van der Waals surface area (Å²) in [6.45, 7) is 3.40. The molecule has 0 aliphatic rings. The summed E-state index contributed by atoms with van der Waals surface area (Å²) in [4.78, 5) is 18.4. The van der Waals surface area contributed by atoms with Crippen molar-refractivity contribution in [1.82, 2.24) is 15.2 Å². The highest BCUT2D eigenvalue weighted by Gasteiger charge is 2.35. The number of benzene rings is 2. The number of alkyl halides is 4. The number of carbonyl (C=O) groups is 1. The van der Waals surface area contributed by atoms with E-state index in [2.05, 4.69) is 22.2 Å². The maximum absolute atomic E-state index is 13.7. The largest absolute Gasteiger partial charge is 0.417 e. The minimum Gasteiger partial charge on any atom is -0.379 e. The lowest BCUT2D eigenvalue weighted by atomic mass is 10.0. The van der Waals surface area contributed by atoms with Crippen LogP contribution in [-0.2, 0) is 0 Å². The number of nitrogens with zero attached hydrogens (tertiary/aromatic N) is 2. The average molecular weight is 515 g/mol. The van der Waals surface area contributed by atoms with Gasteiger partial charge < -0.3 is 15.5 Å². The Hall–Kier alpha value is -3.72. The Bertz CT molecular complexity index is 1260. The molecule has 0 fully saturated rings. The van der Waals surface area contributed by atoms with Crippen LogP contribution >= 0.6 is 0 Å². The summed E-state index contributed by atoms with van der Waals surface area (Å²) in [7, 11) is 3.77. The van der Waals surface area contributed by atoms with E-state index in [0.29, 0.717) is 29.6 Å². The third kappa shape index (κ3) is 7.63. The van der Waals surface area contributed by atoms with Crippen LogP contribution in [0.25, 0.3) is 22.4 Å². The van der Waals surface area contributed by atoms with Crippen molar-refractivity contribution in [3.05, 3.63) is 84.2 Å². The van der Waals surface area contributed by atoms with E-state index in [-0.39, 0.29) is 29.2 Å². The summed E-state index contributed by atoms with van der Waals surface area (Å²) < 4.78 is 54.6. The first kappa shape index (κ1) is 27.9. The topological polar surface area (TPSA) is 57.3 Å². The van der Waals surface area contributed by atoms with Crippen molar-refractivity contribution in [2.75, 3.05) is 39.2 Å². The van der Waals surface area contributed by atoms with Crippen molar-refractivity contribution < 1.29 is 22.4 Å². The molecule has 2 N–H and O–H groups in total. The Morgan fingerprint density at radius 3 is 2.49 bits per heavy atom. The normalized spacial score (nSPS) is 12.7. The smallest absolute Gasteiger partial charge is 0.379 e. The lowest BCUT2D eigenvalue weighted by Gasteiger charge is -2.21. The van der Waals surface area contributed by atoms with Crippen LogP contribution in [0.2, 0.25) is 0 Å². The van der Waals surface area contributed by atoms with E-state index in [1.54, 1.807) is 54.6 Å². The lowest BCUT2D eigenvalue weighted by Crippen LogP contribution is -2.27. The summed E-state index contributed by atoms with van der Waals surface area (Å²) in [5.74, 6) is -0.274. The van der Waals surface area contributed by atoms with Crippen LogP contribution in [-0.4, -0.2) is 61.9 Å². The second-order valence-electron chi connectivity index (χ2n) is 8.84. The molecule has 37 heavy (non-hydrogen) atoms. The van der Waals surface area contributed by atoms with Gasteiger partial charge in [0, 0.05) is 28.6 Å². The first-order chi connectivity index (χ1) is 17.6. The first-order valence-electron chi connectivity index (χ1n) is 11.8. The first-order valence-corrected chi connectivity index (χ1v) is 11.8. The van der Waals surface area contributed by atoms with Crippen LogP contribution in [0, 0.1) is 0 Å². The SMILES string of the molecule is C=C(c1nc(/C=C/CNC(=O)c2ccccc2)cc2c(N[C@@H](CF)CCN(C)C)cccc12)C(F)(F)F. The van der Waals surface area contributed by atoms with Crippen LogP contribution in [0.15, 0.2) is 67.3 Å². The summed E-state index contributed by atoms with van der Waals surface area (Å²) in [6, 6.07) is 14.6. The van der Waals surface area contributed by atoms with Gasteiger partial charge in [0.25, 0.3) is 5.91 Å². The Balaban J connectivity index is 1.93. The fourth-order valence-corrected chi connectivity index (χ4v) is 3.72. The van der Waals surface area contributed by atoms with Crippen molar-refractivity contribution >= 4 is 34.0 Å². The monoisotopic (exact) mass is 514 g/mol. The van der Waals surface area contributed by atoms with Gasteiger partial charge in [0.1, 0.15) is 6.67 Å². The fourth-order valence-electron chi connectivity index (χ4n) is 3.72. The molecule has 0 saturated heterocycles. The van der Waals surface area contributed by atoms with Gasteiger partial charge in [0.2, 0.25) is 0 Å². The number of aromatic nitrogens is 1. The third-order valence-electron chi connectivity index (χ3n) is 5.70. The maximum atomic E-state index is 13.7. The number of halogens is 4. The molecule has 0 unspecified atom stereocenters. The second kappa shape index (κ2) is 12.5. The molecular formula is C28H30F4N4O. The predicted molar refractivity (Wildman–Crippen MR) is 141 cm³/mol. The molecule has 3 aromatic rings. The number of anilines is 1. The molecule has 0 bridgehead atoms. The molecule has 0 aliphatic carbocycles. The molecule has 0 spiro atoms. The number of rotatable bonds is 11. The highest BCUT2D eigenvalue weighted by molar-refractivity contribution is 6.01. The molecular weight excluding hydrogens is 484 g/mol. The van der Waals surface area contributed by atoms with Crippen molar-refractivity contribution in [1.29, 1.82) is 0 Å². The highest BCUT2D eigenvalue weighted by Crippen LogP contribution is 2.37. The van der Waals surface area contributed by atoms with Crippen molar-refractivity contribution in [2.24, 2.45) is 0 Å². The van der Waals surface area contributed by atoms with Gasteiger partial charge in [-0.15, -0.1) is 0 Å². The minimum absolute atomic E-state index is 0.150. The van der Waals surface area contributed by atoms with Gasteiger partial charge in [-0.2, -0.15) is 13.2 Å². The van der Waals surface area contributed by atoms with Crippen LogP contribution in [0.1, 0.15) is 28.2 Å². The van der Waals surface area contributed by atoms with Gasteiger partial charge >= 0.3 is 6.18 Å². The molecule has 1 heterocycles. The summed E-state index contributed by atoms with van der Waals surface area (Å²) in [5.41, 5.74) is -0.120. The molecule has 0 aliphatic heterocycles. The van der Waals surface area contributed by atoms with E-state index in [0.717, 1.165) is 0 Å². The molecule has 0 radical (unpaired) electrons. The number of nitrogens with one attached hydrogen (secondary N) is 2. The standard InChI is InChI=1S/C28H30F4N4O/c1-19(28(30,31)32)26-23-12-7-13-25(34-22(18-29)14-16-36(2)3)24(23)17-21(35-26)11-8-15-33-27(37)20-9-5-4-6-10-20/h4-13,17,22,34H,1,14-16,18H2,2-3H3,(H,33,37)/b11-8+/t22-/m1/s1. The average Bonchev–Trinajstić information content (AvgIpc) is 2.88. The molecule has 3 rings (SSSR count). The Morgan fingerprint density at radius 1 is 1.11 bits per heavy atom.